The Balaban J connectivity index is 1.70. The van der Waals surface area contributed by atoms with Crippen LogP contribution in [0.5, 0.6) is 5.75 Å². The van der Waals surface area contributed by atoms with Crippen molar-refractivity contribution in [2.24, 2.45) is 5.73 Å². The number of nitrogens with zero attached hydrogens (tertiary/aromatic N) is 1. The van der Waals surface area contributed by atoms with Crippen molar-refractivity contribution in [3.8, 4) is 17.0 Å². The molecule has 25 heavy (non-hydrogen) atoms. The van der Waals surface area contributed by atoms with Crippen LogP contribution in [0.2, 0.25) is 0 Å². The molecule has 0 aliphatic carbocycles. The summed E-state index contributed by atoms with van der Waals surface area (Å²) in [5, 5.41) is 8.63. The van der Waals surface area contributed by atoms with Crippen molar-refractivity contribution < 1.29 is 4.74 Å². The molecule has 132 valence electrons. The molecule has 1 unspecified atom stereocenters. The maximum absolute atomic E-state index is 6.09. The molecule has 0 aliphatic rings. The zero-order valence-corrected chi connectivity index (χ0v) is 16.1. The van der Waals surface area contributed by atoms with Gasteiger partial charge in [0.15, 0.2) is 0 Å². The fraction of sp³-hybridized carbons (Fsp3) is 0.350. The van der Waals surface area contributed by atoms with Crippen LogP contribution in [-0.4, -0.2) is 16.4 Å². The molecule has 3 N–H and O–H groups in total. The van der Waals surface area contributed by atoms with Gasteiger partial charge in [0.05, 0.1) is 11.2 Å². The van der Waals surface area contributed by atoms with Gasteiger partial charge < -0.3 is 4.74 Å². The number of rotatable bonds is 8. The molecule has 0 fully saturated rings. The summed E-state index contributed by atoms with van der Waals surface area (Å²) in [5.41, 5.74) is 9.06. The minimum absolute atomic E-state index is 0.261. The quantitative estimate of drug-likeness (QED) is 0.379. The lowest BCUT2D eigenvalue weighted by Crippen LogP contribution is -2.26. The second kappa shape index (κ2) is 8.50. The normalized spacial score (nSPS) is 12.4. The van der Waals surface area contributed by atoms with Crippen LogP contribution in [-0.2, 0) is 0 Å². The SMILES string of the molecule is CCCCCCC(N)Oc1ccc2c(-c3ccc(Br)cc3)n[nH]c2c1. The summed E-state index contributed by atoms with van der Waals surface area (Å²) >= 11 is 3.46. The molecule has 2 aromatic carbocycles. The third kappa shape index (κ3) is 4.61. The predicted molar refractivity (Wildman–Crippen MR) is 107 cm³/mol. The van der Waals surface area contributed by atoms with Gasteiger partial charge in [0.1, 0.15) is 12.0 Å². The van der Waals surface area contributed by atoms with Crippen molar-refractivity contribution >= 4 is 26.8 Å². The monoisotopic (exact) mass is 401 g/mol. The van der Waals surface area contributed by atoms with E-state index in [0.29, 0.717) is 0 Å². The van der Waals surface area contributed by atoms with Crippen molar-refractivity contribution in [2.45, 2.75) is 45.3 Å². The molecule has 0 amide bonds. The van der Waals surface area contributed by atoms with E-state index in [0.717, 1.165) is 45.2 Å². The topological polar surface area (TPSA) is 63.9 Å². The third-order valence-electron chi connectivity index (χ3n) is 4.28. The van der Waals surface area contributed by atoms with E-state index in [9.17, 15) is 0 Å². The van der Waals surface area contributed by atoms with Crippen molar-refractivity contribution in [3.05, 3.63) is 46.9 Å². The number of ether oxygens (including phenoxy) is 1. The number of fused-ring (bicyclic) bond motifs is 1. The maximum atomic E-state index is 6.09. The van der Waals surface area contributed by atoms with Crippen LogP contribution in [0.4, 0.5) is 0 Å². The fourth-order valence-corrected chi connectivity index (χ4v) is 3.17. The Labute approximate surface area is 156 Å². The number of hydrogen-bond acceptors (Lipinski definition) is 3. The summed E-state index contributed by atoms with van der Waals surface area (Å²) in [6.45, 7) is 2.21. The molecule has 1 heterocycles. The van der Waals surface area contributed by atoms with E-state index in [1.807, 2.05) is 30.3 Å². The standard InChI is InChI=1S/C20H24BrN3O/c1-2-3-4-5-6-19(22)25-16-11-12-17-18(13-16)23-24-20(17)14-7-9-15(21)10-8-14/h7-13,19H,2-6,22H2,1H3,(H,23,24). The maximum Gasteiger partial charge on any atom is 0.147 e. The molecule has 3 rings (SSSR count). The highest BCUT2D eigenvalue weighted by Crippen LogP contribution is 2.29. The zero-order chi connectivity index (χ0) is 17.6. The Morgan fingerprint density at radius 1 is 1.12 bits per heavy atom. The number of hydrogen-bond donors (Lipinski definition) is 2. The van der Waals surface area contributed by atoms with E-state index < -0.39 is 0 Å². The summed E-state index contributed by atoms with van der Waals surface area (Å²) in [6.07, 6.45) is 5.42. The molecule has 0 aliphatic heterocycles. The Bertz CT molecular complexity index is 813. The van der Waals surface area contributed by atoms with Crippen molar-refractivity contribution in [3.63, 3.8) is 0 Å². The lowest BCUT2D eigenvalue weighted by molar-refractivity contribution is 0.194. The number of nitrogens with one attached hydrogen (secondary N) is 1. The molecule has 0 bridgehead atoms. The van der Waals surface area contributed by atoms with Crippen LogP contribution in [0.1, 0.15) is 39.0 Å². The van der Waals surface area contributed by atoms with Gasteiger partial charge in [0.25, 0.3) is 0 Å². The number of benzene rings is 2. The van der Waals surface area contributed by atoms with E-state index in [-0.39, 0.29) is 6.23 Å². The van der Waals surface area contributed by atoms with E-state index in [1.54, 1.807) is 0 Å². The van der Waals surface area contributed by atoms with Gasteiger partial charge >= 0.3 is 0 Å². The molecule has 0 saturated heterocycles. The molecule has 5 heteroatoms. The number of aromatic amines is 1. The number of halogens is 1. The lowest BCUT2D eigenvalue weighted by atomic mass is 10.1. The molecule has 0 saturated carbocycles. The van der Waals surface area contributed by atoms with Crippen LogP contribution in [0.15, 0.2) is 46.9 Å². The Hall–Kier alpha value is -1.85. The highest BCUT2D eigenvalue weighted by Gasteiger charge is 2.10. The van der Waals surface area contributed by atoms with E-state index in [2.05, 4.69) is 45.2 Å². The minimum atomic E-state index is -0.261. The van der Waals surface area contributed by atoms with Gasteiger partial charge in [-0.3, -0.25) is 10.8 Å². The fourth-order valence-electron chi connectivity index (χ4n) is 2.91. The molecular weight excluding hydrogens is 378 g/mol. The summed E-state index contributed by atoms with van der Waals surface area (Å²) < 4.78 is 6.91. The molecule has 1 atom stereocenters. The van der Waals surface area contributed by atoms with E-state index in [1.165, 1.54) is 19.3 Å². The first-order valence-electron chi connectivity index (χ1n) is 8.83. The highest BCUT2D eigenvalue weighted by atomic mass is 79.9. The Morgan fingerprint density at radius 3 is 2.68 bits per heavy atom. The number of unbranched alkanes of at least 4 members (excludes halogenated alkanes) is 3. The van der Waals surface area contributed by atoms with Gasteiger partial charge in [0.2, 0.25) is 0 Å². The number of H-pyrrole nitrogens is 1. The first-order valence-corrected chi connectivity index (χ1v) is 9.63. The van der Waals surface area contributed by atoms with E-state index >= 15 is 0 Å². The Morgan fingerprint density at radius 2 is 1.92 bits per heavy atom. The second-order valence-electron chi connectivity index (χ2n) is 6.29. The summed E-state index contributed by atoms with van der Waals surface area (Å²) in [5.74, 6) is 0.779. The van der Waals surface area contributed by atoms with Crippen molar-refractivity contribution in [1.82, 2.24) is 10.2 Å². The highest BCUT2D eigenvalue weighted by molar-refractivity contribution is 9.10. The largest absolute Gasteiger partial charge is 0.476 e. The summed E-state index contributed by atoms with van der Waals surface area (Å²) in [4.78, 5) is 0. The zero-order valence-electron chi connectivity index (χ0n) is 14.5. The summed E-state index contributed by atoms with van der Waals surface area (Å²) in [6, 6.07) is 14.1. The summed E-state index contributed by atoms with van der Waals surface area (Å²) in [7, 11) is 0. The van der Waals surface area contributed by atoms with Crippen LogP contribution in [0, 0.1) is 0 Å². The first-order chi connectivity index (χ1) is 12.2. The minimum Gasteiger partial charge on any atom is -0.476 e. The van der Waals surface area contributed by atoms with Gasteiger partial charge in [-0.15, -0.1) is 0 Å². The van der Waals surface area contributed by atoms with Gasteiger partial charge in [0, 0.05) is 21.5 Å². The van der Waals surface area contributed by atoms with Crippen molar-refractivity contribution in [2.75, 3.05) is 0 Å². The first kappa shape index (κ1) is 18.0. The lowest BCUT2D eigenvalue weighted by Gasteiger charge is -2.14. The molecule has 0 spiro atoms. The van der Waals surface area contributed by atoms with Crippen LogP contribution >= 0.6 is 15.9 Å². The molecule has 4 nitrogen and oxygen atoms in total. The van der Waals surface area contributed by atoms with Gasteiger partial charge in [-0.05, 0) is 37.1 Å². The van der Waals surface area contributed by atoms with Gasteiger partial charge in [-0.1, -0.05) is 54.2 Å². The Kier molecular flexibility index (Phi) is 6.10. The number of nitrogens with two attached hydrogens (primary N) is 1. The number of aromatic nitrogens is 2. The van der Waals surface area contributed by atoms with Gasteiger partial charge in [-0.25, -0.2) is 0 Å². The predicted octanol–water partition coefficient (Wildman–Crippen LogP) is 5.63. The third-order valence-corrected chi connectivity index (χ3v) is 4.81. The van der Waals surface area contributed by atoms with E-state index in [4.69, 9.17) is 10.5 Å². The van der Waals surface area contributed by atoms with Crippen LogP contribution in [0.3, 0.4) is 0 Å². The van der Waals surface area contributed by atoms with Crippen molar-refractivity contribution in [1.29, 1.82) is 0 Å². The second-order valence-corrected chi connectivity index (χ2v) is 7.21. The van der Waals surface area contributed by atoms with Gasteiger partial charge in [-0.2, -0.15) is 5.10 Å². The van der Waals surface area contributed by atoms with Crippen LogP contribution in [0.25, 0.3) is 22.2 Å². The average Bonchev–Trinajstić information content (AvgIpc) is 3.03. The molecule has 3 aromatic rings. The average molecular weight is 402 g/mol. The van der Waals surface area contributed by atoms with Crippen LogP contribution < -0.4 is 10.5 Å². The molecule has 0 radical (unpaired) electrons. The molecular formula is C20H24BrN3O. The smallest absolute Gasteiger partial charge is 0.147 e. The molecule has 1 aromatic heterocycles.